The average Bonchev–Trinajstić information content (AvgIpc) is 3.82. The molecule has 268 valence electrons. The molecule has 0 aliphatic heterocycles. The van der Waals surface area contributed by atoms with E-state index in [0.717, 1.165) is 61.7 Å². The third kappa shape index (κ3) is 6.80. The van der Waals surface area contributed by atoms with Gasteiger partial charge in [-0.05, 0) is 89.8 Å². The van der Waals surface area contributed by atoms with Crippen molar-refractivity contribution in [2.75, 3.05) is 0 Å². The SMILES string of the molecule is CC(C)(C)c1ccnc(-n2c3ccccc3c3ccc(Oc4cccc(-n5cc(-c6c(Oc7ccccc7)cccc6Oc6ccccc6)cn5)c4)cc32)c1. The second-order valence-corrected chi connectivity index (χ2v) is 14.4. The van der Waals surface area contributed by atoms with E-state index in [0.29, 0.717) is 17.2 Å². The highest BCUT2D eigenvalue weighted by molar-refractivity contribution is 6.09. The summed E-state index contributed by atoms with van der Waals surface area (Å²) < 4.78 is 23.4. The highest BCUT2D eigenvalue weighted by Crippen LogP contribution is 2.43. The number of pyridine rings is 1. The zero-order valence-corrected chi connectivity index (χ0v) is 30.8. The molecule has 55 heavy (non-hydrogen) atoms. The van der Waals surface area contributed by atoms with Crippen LogP contribution in [0.25, 0.3) is 44.4 Å². The molecule has 9 aromatic rings. The Kier molecular flexibility index (Phi) is 8.59. The van der Waals surface area contributed by atoms with Gasteiger partial charge in [-0.15, -0.1) is 0 Å². The molecule has 7 heteroatoms. The van der Waals surface area contributed by atoms with E-state index < -0.39 is 0 Å². The van der Waals surface area contributed by atoms with E-state index >= 15 is 0 Å². The minimum Gasteiger partial charge on any atom is -0.457 e. The Morgan fingerprint density at radius 1 is 0.527 bits per heavy atom. The summed E-state index contributed by atoms with van der Waals surface area (Å²) in [5.41, 5.74) is 5.80. The lowest BCUT2D eigenvalue weighted by Crippen LogP contribution is -2.12. The van der Waals surface area contributed by atoms with E-state index in [-0.39, 0.29) is 5.41 Å². The Hall–Kier alpha value is -7.12. The van der Waals surface area contributed by atoms with Crippen molar-refractivity contribution in [3.63, 3.8) is 0 Å². The number of aromatic nitrogens is 4. The molecule has 0 N–H and O–H groups in total. The molecule has 0 aliphatic rings. The Bertz CT molecular complexity index is 2720. The molecule has 6 aromatic carbocycles. The smallest absolute Gasteiger partial charge is 0.139 e. The Balaban J connectivity index is 1.06. The molecular formula is C48H38N4O3. The zero-order chi connectivity index (χ0) is 37.4. The quantitative estimate of drug-likeness (QED) is 0.149. The number of ether oxygens (including phenoxy) is 3. The normalized spacial score (nSPS) is 11.5. The van der Waals surface area contributed by atoms with Crippen LogP contribution in [0.4, 0.5) is 0 Å². The molecule has 3 aromatic heterocycles. The van der Waals surface area contributed by atoms with Crippen molar-refractivity contribution >= 4 is 21.8 Å². The third-order valence-corrected chi connectivity index (χ3v) is 9.61. The fraction of sp³-hybridized carbons (Fsp3) is 0.0833. The van der Waals surface area contributed by atoms with Crippen molar-refractivity contribution in [3.8, 4) is 57.1 Å². The minimum absolute atomic E-state index is 0.0113. The van der Waals surface area contributed by atoms with Crippen molar-refractivity contribution in [2.24, 2.45) is 0 Å². The molecule has 0 bridgehead atoms. The monoisotopic (exact) mass is 718 g/mol. The molecule has 3 heterocycles. The summed E-state index contributed by atoms with van der Waals surface area (Å²) in [6.45, 7) is 6.66. The van der Waals surface area contributed by atoms with Crippen LogP contribution in [-0.4, -0.2) is 19.3 Å². The van der Waals surface area contributed by atoms with Gasteiger partial charge in [0.1, 0.15) is 40.3 Å². The van der Waals surface area contributed by atoms with Crippen LogP contribution in [0, 0.1) is 0 Å². The van der Waals surface area contributed by atoms with E-state index in [1.165, 1.54) is 5.56 Å². The van der Waals surface area contributed by atoms with E-state index in [1.54, 1.807) is 0 Å². The first-order valence-electron chi connectivity index (χ1n) is 18.3. The molecule has 7 nitrogen and oxygen atoms in total. The third-order valence-electron chi connectivity index (χ3n) is 9.61. The summed E-state index contributed by atoms with van der Waals surface area (Å²) in [6.07, 6.45) is 5.70. The topological polar surface area (TPSA) is 63.3 Å². The van der Waals surface area contributed by atoms with Crippen molar-refractivity contribution < 1.29 is 14.2 Å². The number of fused-ring (bicyclic) bond motifs is 3. The zero-order valence-electron chi connectivity index (χ0n) is 30.8. The molecule has 0 amide bonds. The average molecular weight is 719 g/mol. The van der Waals surface area contributed by atoms with Crippen molar-refractivity contribution in [3.05, 3.63) is 182 Å². The standard InChI is InChI=1S/C48H38N4O3/c1-48(2,3)34-26-27-49-46(28-34)52-42-21-11-10-20-40(42)41-25-24-39(30-43(41)52)53-38-19-12-14-35(29-38)51-32-33(31-50-51)47-44(54-36-15-6-4-7-16-36)22-13-23-45(47)55-37-17-8-5-9-18-37/h4-32H,1-3H3. The van der Waals surface area contributed by atoms with Crippen molar-refractivity contribution in [2.45, 2.75) is 26.2 Å². The molecular weight excluding hydrogens is 681 g/mol. The fourth-order valence-electron chi connectivity index (χ4n) is 6.88. The number of rotatable bonds is 9. The molecule has 0 fully saturated rings. The summed E-state index contributed by atoms with van der Waals surface area (Å²) >= 11 is 0. The molecule has 0 aliphatic carbocycles. The van der Waals surface area contributed by atoms with Crippen LogP contribution in [-0.2, 0) is 5.41 Å². The Morgan fingerprint density at radius 2 is 1.16 bits per heavy atom. The van der Waals surface area contributed by atoms with Gasteiger partial charge in [-0.2, -0.15) is 5.10 Å². The lowest BCUT2D eigenvalue weighted by molar-refractivity contribution is 0.463. The van der Waals surface area contributed by atoms with Gasteiger partial charge in [-0.1, -0.05) is 87.5 Å². The van der Waals surface area contributed by atoms with Gasteiger partial charge in [0.05, 0.1) is 28.5 Å². The molecule has 9 rings (SSSR count). The highest BCUT2D eigenvalue weighted by Gasteiger charge is 2.20. The maximum Gasteiger partial charge on any atom is 0.139 e. The number of hydrogen-bond donors (Lipinski definition) is 0. The van der Waals surface area contributed by atoms with Crippen LogP contribution in [0.2, 0.25) is 0 Å². The van der Waals surface area contributed by atoms with Crippen LogP contribution >= 0.6 is 0 Å². The van der Waals surface area contributed by atoms with Gasteiger partial charge in [0.15, 0.2) is 0 Å². The maximum absolute atomic E-state index is 6.56. The number of para-hydroxylation sites is 3. The minimum atomic E-state index is -0.0113. The van der Waals surface area contributed by atoms with Crippen LogP contribution in [0.1, 0.15) is 26.3 Å². The molecule has 0 radical (unpaired) electrons. The number of hydrogen-bond acceptors (Lipinski definition) is 5. The Labute approximate surface area is 319 Å². The lowest BCUT2D eigenvalue weighted by Gasteiger charge is -2.20. The van der Waals surface area contributed by atoms with Gasteiger partial charge in [-0.3, -0.25) is 4.57 Å². The van der Waals surface area contributed by atoms with E-state index in [1.807, 2.05) is 132 Å². The first-order chi connectivity index (χ1) is 26.9. The van der Waals surface area contributed by atoms with Crippen LogP contribution in [0.15, 0.2) is 176 Å². The number of benzene rings is 6. The molecule has 0 saturated carbocycles. The second kappa shape index (κ2) is 14.0. The number of nitrogens with zero attached hydrogens (tertiary/aromatic N) is 4. The van der Waals surface area contributed by atoms with Crippen LogP contribution < -0.4 is 14.2 Å². The largest absolute Gasteiger partial charge is 0.457 e. The van der Waals surface area contributed by atoms with Crippen LogP contribution in [0.5, 0.6) is 34.5 Å². The van der Waals surface area contributed by atoms with Crippen LogP contribution in [0.3, 0.4) is 0 Å². The highest BCUT2D eigenvalue weighted by atomic mass is 16.5. The van der Waals surface area contributed by atoms with Gasteiger partial charge < -0.3 is 14.2 Å². The maximum atomic E-state index is 6.56. The van der Waals surface area contributed by atoms with Crippen molar-refractivity contribution in [1.29, 1.82) is 0 Å². The van der Waals surface area contributed by atoms with E-state index in [2.05, 4.69) is 73.9 Å². The molecule has 0 saturated heterocycles. The summed E-state index contributed by atoms with van der Waals surface area (Å²) in [5, 5.41) is 7.08. The van der Waals surface area contributed by atoms with E-state index in [9.17, 15) is 0 Å². The van der Waals surface area contributed by atoms with Gasteiger partial charge in [0.2, 0.25) is 0 Å². The molecule has 0 spiro atoms. The fourth-order valence-corrected chi connectivity index (χ4v) is 6.88. The van der Waals surface area contributed by atoms with Gasteiger partial charge in [0, 0.05) is 40.9 Å². The van der Waals surface area contributed by atoms with Gasteiger partial charge in [-0.25, -0.2) is 9.67 Å². The first kappa shape index (κ1) is 33.7. The van der Waals surface area contributed by atoms with Gasteiger partial charge >= 0.3 is 0 Å². The predicted molar refractivity (Wildman–Crippen MR) is 219 cm³/mol. The summed E-state index contributed by atoms with van der Waals surface area (Å²) in [5.74, 6) is 5.05. The lowest BCUT2D eigenvalue weighted by atomic mass is 9.88. The Morgan fingerprint density at radius 3 is 1.89 bits per heavy atom. The van der Waals surface area contributed by atoms with Crippen molar-refractivity contribution in [1.82, 2.24) is 19.3 Å². The predicted octanol–water partition coefficient (Wildman–Crippen LogP) is 12.7. The molecule has 0 unspecified atom stereocenters. The van der Waals surface area contributed by atoms with E-state index in [4.69, 9.17) is 24.3 Å². The molecule has 0 atom stereocenters. The van der Waals surface area contributed by atoms with Gasteiger partial charge in [0.25, 0.3) is 0 Å². The summed E-state index contributed by atoms with van der Waals surface area (Å²) in [6, 6.07) is 52.2. The summed E-state index contributed by atoms with van der Waals surface area (Å²) in [7, 11) is 0. The summed E-state index contributed by atoms with van der Waals surface area (Å²) in [4.78, 5) is 4.83. The first-order valence-corrected chi connectivity index (χ1v) is 18.3. The second-order valence-electron chi connectivity index (χ2n) is 14.4.